The van der Waals surface area contributed by atoms with Crippen LogP contribution in [0.2, 0.25) is 0 Å². The number of aliphatic imine (C=N–C) groups is 1. The van der Waals surface area contributed by atoms with Crippen molar-refractivity contribution < 1.29 is 17.9 Å². The Balaban J connectivity index is 1.61. The average molecular weight is 549 g/mol. The minimum Gasteiger partial charge on any atom is -0.494 e. The molecule has 0 unspecified atom stereocenters. The molecule has 0 aliphatic carbocycles. The second-order valence-corrected chi connectivity index (χ2v) is 11.7. The number of H-pyrrole nitrogens is 1. The van der Waals surface area contributed by atoms with E-state index in [4.69, 9.17) is 4.99 Å². The summed E-state index contributed by atoms with van der Waals surface area (Å²) in [4.78, 5) is 14.2. The fourth-order valence-electron chi connectivity index (χ4n) is 4.41. The highest BCUT2D eigenvalue weighted by Crippen LogP contribution is 2.33. The van der Waals surface area contributed by atoms with Gasteiger partial charge in [-0.3, -0.25) is 0 Å². The third-order valence-electron chi connectivity index (χ3n) is 6.62. The fourth-order valence-corrected chi connectivity index (χ4v) is 5.57. The van der Waals surface area contributed by atoms with Crippen molar-refractivity contribution >= 4 is 43.4 Å². The van der Waals surface area contributed by atoms with Crippen LogP contribution in [-0.2, 0) is 17.1 Å². The normalized spacial score (nSPS) is 12.8. The van der Waals surface area contributed by atoms with Gasteiger partial charge in [-0.15, -0.1) is 0 Å². The number of halogens is 1. The average Bonchev–Trinajstić information content (AvgIpc) is 3.43. The molecule has 0 aliphatic heterocycles. The van der Waals surface area contributed by atoms with E-state index in [0.717, 1.165) is 11.0 Å². The van der Waals surface area contributed by atoms with Crippen LogP contribution >= 0.6 is 0 Å². The number of aromatic amines is 1. The SMILES string of the molecule is CN(C)CCN(C)S(=O)(=O)c1ccc(N=C(c2ccc3c(c2)ncn3C)c2c(O)[nH]c3cc(F)ccc23)cc1. The summed E-state index contributed by atoms with van der Waals surface area (Å²) in [6.07, 6.45) is 1.71. The first-order valence-corrected chi connectivity index (χ1v) is 13.7. The molecule has 0 saturated carbocycles. The van der Waals surface area contributed by atoms with Gasteiger partial charge in [-0.05, 0) is 68.7 Å². The Labute approximate surface area is 225 Å². The lowest BCUT2D eigenvalue weighted by Crippen LogP contribution is -2.33. The van der Waals surface area contributed by atoms with Crippen LogP contribution in [0.25, 0.3) is 21.9 Å². The number of rotatable bonds is 8. The number of benzene rings is 3. The number of aromatic hydroxyl groups is 1. The monoisotopic (exact) mass is 548 g/mol. The number of likely N-dealkylation sites (N-methyl/N-ethyl adjacent to an activating group) is 2. The maximum atomic E-state index is 13.9. The van der Waals surface area contributed by atoms with Crippen molar-refractivity contribution in [2.45, 2.75) is 4.90 Å². The van der Waals surface area contributed by atoms with Gasteiger partial charge in [-0.2, -0.15) is 4.31 Å². The molecule has 11 heteroatoms. The van der Waals surface area contributed by atoms with Crippen molar-refractivity contribution in [1.29, 1.82) is 0 Å². The van der Waals surface area contributed by atoms with E-state index in [2.05, 4.69) is 9.97 Å². The van der Waals surface area contributed by atoms with Crippen molar-refractivity contribution in [3.63, 3.8) is 0 Å². The number of hydrogen-bond donors (Lipinski definition) is 2. The van der Waals surface area contributed by atoms with E-state index in [1.54, 1.807) is 31.6 Å². The lowest BCUT2D eigenvalue weighted by Gasteiger charge is -2.19. The molecule has 3 aromatic carbocycles. The highest BCUT2D eigenvalue weighted by atomic mass is 32.2. The predicted molar refractivity (Wildman–Crippen MR) is 151 cm³/mol. The maximum absolute atomic E-state index is 13.9. The third kappa shape index (κ3) is 5.16. The Morgan fingerprint density at radius 3 is 2.51 bits per heavy atom. The van der Waals surface area contributed by atoms with Crippen LogP contribution in [0.3, 0.4) is 0 Å². The van der Waals surface area contributed by atoms with Gasteiger partial charge >= 0.3 is 0 Å². The van der Waals surface area contributed by atoms with E-state index in [1.165, 1.54) is 28.6 Å². The summed E-state index contributed by atoms with van der Waals surface area (Å²) in [5.74, 6) is -0.590. The van der Waals surface area contributed by atoms with Crippen LogP contribution in [0.4, 0.5) is 10.1 Å². The second kappa shape index (κ2) is 10.3. The van der Waals surface area contributed by atoms with Crippen LogP contribution in [0.1, 0.15) is 11.1 Å². The Kier molecular flexibility index (Phi) is 6.98. The topological polar surface area (TPSA) is 107 Å². The van der Waals surface area contributed by atoms with Crippen LogP contribution in [-0.4, -0.2) is 77.2 Å². The molecule has 0 atom stereocenters. The smallest absolute Gasteiger partial charge is 0.242 e. The van der Waals surface area contributed by atoms with E-state index in [9.17, 15) is 17.9 Å². The number of nitrogens with one attached hydrogen (secondary N) is 1. The van der Waals surface area contributed by atoms with Crippen LogP contribution < -0.4 is 0 Å². The maximum Gasteiger partial charge on any atom is 0.242 e. The fraction of sp³-hybridized carbons (Fsp3) is 0.214. The number of hydrogen-bond acceptors (Lipinski definition) is 6. The molecule has 5 rings (SSSR count). The Morgan fingerprint density at radius 1 is 1.05 bits per heavy atom. The van der Waals surface area contributed by atoms with Crippen molar-refractivity contribution in [3.05, 3.63) is 83.9 Å². The highest BCUT2D eigenvalue weighted by molar-refractivity contribution is 7.89. The molecule has 0 aliphatic rings. The van der Waals surface area contributed by atoms with Crippen LogP contribution in [0.15, 0.2) is 76.9 Å². The summed E-state index contributed by atoms with van der Waals surface area (Å²) in [5.41, 5.74) is 4.10. The minimum atomic E-state index is -3.67. The lowest BCUT2D eigenvalue weighted by molar-refractivity contribution is 0.358. The molecule has 2 aromatic heterocycles. The molecule has 202 valence electrons. The van der Waals surface area contributed by atoms with Crippen LogP contribution in [0, 0.1) is 5.82 Å². The molecule has 5 aromatic rings. The van der Waals surface area contributed by atoms with Crippen molar-refractivity contribution in [3.8, 4) is 5.88 Å². The number of aromatic nitrogens is 3. The molecular formula is C28H29FN6O3S. The summed E-state index contributed by atoms with van der Waals surface area (Å²) in [6.45, 7) is 0.954. The van der Waals surface area contributed by atoms with Gasteiger partial charge < -0.3 is 19.6 Å². The number of imidazole rings is 1. The molecule has 9 nitrogen and oxygen atoms in total. The van der Waals surface area contributed by atoms with Gasteiger partial charge in [0.25, 0.3) is 0 Å². The van der Waals surface area contributed by atoms with Gasteiger partial charge in [0.1, 0.15) is 5.82 Å². The van der Waals surface area contributed by atoms with Gasteiger partial charge in [-0.1, -0.05) is 6.07 Å². The molecule has 0 fully saturated rings. The van der Waals surface area contributed by atoms with Gasteiger partial charge in [0, 0.05) is 38.1 Å². The van der Waals surface area contributed by atoms with E-state index in [0.29, 0.717) is 46.5 Å². The zero-order valence-corrected chi connectivity index (χ0v) is 22.9. The number of nitrogens with zero attached hydrogens (tertiary/aromatic N) is 5. The van der Waals surface area contributed by atoms with E-state index >= 15 is 0 Å². The Bertz CT molecular complexity index is 1810. The Hall–Kier alpha value is -4.06. The minimum absolute atomic E-state index is 0.155. The summed E-state index contributed by atoms with van der Waals surface area (Å²) >= 11 is 0. The van der Waals surface area contributed by atoms with Gasteiger partial charge in [0.15, 0.2) is 5.88 Å². The first-order valence-electron chi connectivity index (χ1n) is 12.3. The van der Waals surface area contributed by atoms with Crippen molar-refractivity contribution in [2.75, 3.05) is 34.2 Å². The van der Waals surface area contributed by atoms with E-state index in [-0.39, 0.29) is 10.8 Å². The van der Waals surface area contributed by atoms with Gasteiger partial charge in [0.2, 0.25) is 10.0 Å². The summed E-state index contributed by atoms with van der Waals surface area (Å²) in [7, 11) is 3.56. The zero-order valence-electron chi connectivity index (χ0n) is 22.1. The molecular weight excluding hydrogens is 519 g/mol. The number of aryl methyl sites for hydroxylation is 1. The van der Waals surface area contributed by atoms with Gasteiger partial charge in [0.05, 0.1) is 44.7 Å². The molecule has 39 heavy (non-hydrogen) atoms. The molecule has 0 amide bonds. The quantitative estimate of drug-likeness (QED) is 0.282. The summed E-state index contributed by atoms with van der Waals surface area (Å²) in [6, 6.07) is 16.2. The first-order chi connectivity index (χ1) is 18.5. The standard InChI is InChI=1S/C28H29FN6O3S/c1-33(2)13-14-35(4)39(37,38)21-9-7-20(8-10-21)31-27(18-5-12-25-24(15-18)30-17-34(25)3)26-22-11-6-19(29)16-23(22)32-28(26)36/h5-12,15-17,32,36H,13-14H2,1-4H3. The van der Waals surface area contributed by atoms with Crippen LogP contribution in [0.5, 0.6) is 5.88 Å². The molecule has 0 saturated heterocycles. The largest absolute Gasteiger partial charge is 0.494 e. The summed E-state index contributed by atoms with van der Waals surface area (Å²) in [5, 5.41) is 11.5. The Morgan fingerprint density at radius 2 is 1.79 bits per heavy atom. The second-order valence-electron chi connectivity index (χ2n) is 9.68. The molecule has 0 spiro atoms. The lowest BCUT2D eigenvalue weighted by atomic mass is 10.00. The first kappa shape index (κ1) is 26.5. The predicted octanol–water partition coefficient (Wildman–Crippen LogP) is 4.25. The van der Waals surface area contributed by atoms with Crippen molar-refractivity contribution in [2.24, 2.45) is 12.0 Å². The van der Waals surface area contributed by atoms with E-state index < -0.39 is 15.8 Å². The highest BCUT2D eigenvalue weighted by Gasteiger charge is 2.22. The van der Waals surface area contributed by atoms with Gasteiger partial charge in [-0.25, -0.2) is 22.8 Å². The van der Waals surface area contributed by atoms with Crippen molar-refractivity contribution in [1.82, 2.24) is 23.7 Å². The number of fused-ring (bicyclic) bond motifs is 2. The zero-order chi connectivity index (χ0) is 27.9. The number of sulfonamides is 1. The molecule has 2 N–H and O–H groups in total. The molecule has 0 radical (unpaired) electrons. The molecule has 2 heterocycles. The van der Waals surface area contributed by atoms with E-state index in [1.807, 2.05) is 48.8 Å². The molecule has 0 bridgehead atoms. The summed E-state index contributed by atoms with van der Waals surface area (Å²) < 4.78 is 43.2. The third-order valence-corrected chi connectivity index (χ3v) is 8.50.